The Morgan fingerprint density at radius 2 is 1.61 bits per heavy atom. The smallest absolute Gasteiger partial charge is 0.417 e. The number of phosphoric acid groups is 1. The second-order valence-corrected chi connectivity index (χ2v) is 15.1. The molecule has 0 aromatic carbocycles. The van der Waals surface area contributed by atoms with Crippen LogP contribution in [0.15, 0.2) is 36.2 Å². The molecular formula is C17H19N8O18P3. The molecule has 250 valence electrons. The number of phosphoric ester groups is 1. The molecule has 2 saturated heterocycles. The number of fused-ring (bicyclic) bond motifs is 2. The fourth-order valence-corrected chi connectivity index (χ4v) is 9.10. The van der Waals surface area contributed by atoms with Crippen molar-refractivity contribution < 1.29 is 76.3 Å². The molecule has 29 heteroatoms. The Morgan fingerprint density at radius 1 is 1.00 bits per heavy atom. The molecule has 0 amide bonds. The standard InChI is InChI=1S/C17H19N8O18P3/c18-14-11-15(20-4-19-14)22(5-21-11)16-13-12(8(40-16)3-39-46(37,38)43-45(35,36)6-44(32,33)34)41-17(42-13)9(24(28)29)1-7(23(26)27)2-10(17)25(30)31/h1-2,4-5,8,12-13,16H,3,6H2,(H,26,27)(H,35,36)(H,37,38)(H2,18,19,20)(H2,32,33,34)/t8-,12-,13-,16-/m1/s1. The van der Waals surface area contributed by atoms with E-state index in [2.05, 4.69) is 19.3 Å². The monoisotopic (exact) mass is 716 g/mol. The molecule has 46 heavy (non-hydrogen) atoms. The van der Waals surface area contributed by atoms with Crippen LogP contribution in [-0.2, 0) is 36.7 Å². The molecule has 0 bridgehead atoms. The number of imidazole rings is 1. The average molecular weight is 716 g/mol. The van der Waals surface area contributed by atoms with Gasteiger partial charge in [0.15, 0.2) is 23.6 Å². The summed E-state index contributed by atoms with van der Waals surface area (Å²) in [6, 6.07) is 0. The van der Waals surface area contributed by atoms with E-state index in [1.165, 1.54) is 0 Å². The molecule has 2 aromatic rings. The number of nitrogens with zero attached hydrogens (tertiary/aromatic N) is 7. The number of ether oxygens (including phenoxy) is 3. The SMILES string of the molecule is Nc1ncnc2c1ncn2[C@@H]1O[C@H](COP(=O)(O)OP(=O)(O)CP(=O)(O)O)[C@H]2OC3(O[C@H]21)C([N+](=O)[O-])=CC(=[N+]([O-])O)C=C3[N+](=O)[O-]. The highest BCUT2D eigenvalue weighted by Gasteiger charge is 2.70. The van der Waals surface area contributed by atoms with E-state index in [1.807, 2.05) is 0 Å². The minimum Gasteiger partial charge on any atom is -0.417 e. The molecular weight excluding hydrogens is 697 g/mol. The molecule has 5 rings (SSSR count). The zero-order valence-electron chi connectivity index (χ0n) is 22.1. The van der Waals surface area contributed by atoms with Crippen LogP contribution in [0.25, 0.3) is 11.2 Å². The summed E-state index contributed by atoms with van der Waals surface area (Å²) in [6.45, 7) is -1.14. The highest BCUT2D eigenvalue weighted by Crippen LogP contribution is 2.65. The minimum absolute atomic E-state index is 0.0196. The predicted molar refractivity (Wildman–Crippen MR) is 140 cm³/mol. The number of anilines is 1. The van der Waals surface area contributed by atoms with Gasteiger partial charge in [0.2, 0.25) is 0 Å². The molecule has 7 N–H and O–H groups in total. The number of rotatable bonds is 10. The summed E-state index contributed by atoms with van der Waals surface area (Å²) in [5.41, 5.74) is 2.37. The maximum atomic E-state index is 12.5. The molecule has 0 saturated carbocycles. The zero-order chi connectivity index (χ0) is 34.0. The van der Waals surface area contributed by atoms with Crippen molar-refractivity contribution in [2.45, 2.75) is 30.3 Å². The van der Waals surface area contributed by atoms with Gasteiger partial charge in [-0.15, -0.1) is 0 Å². The van der Waals surface area contributed by atoms with Crippen LogP contribution in [0.2, 0.25) is 0 Å². The van der Waals surface area contributed by atoms with Crippen molar-refractivity contribution in [1.29, 1.82) is 0 Å². The van der Waals surface area contributed by atoms with Crippen molar-refractivity contribution in [2.75, 3.05) is 18.2 Å². The van der Waals surface area contributed by atoms with Gasteiger partial charge >= 0.3 is 40.2 Å². The van der Waals surface area contributed by atoms with Crippen molar-refractivity contribution in [2.24, 2.45) is 0 Å². The minimum atomic E-state index is -5.63. The third-order valence-electron chi connectivity index (χ3n) is 6.40. The average Bonchev–Trinajstić information content (AvgIpc) is 3.58. The van der Waals surface area contributed by atoms with Crippen molar-refractivity contribution in [3.8, 4) is 0 Å². The van der Waals surface area contributed by atoms with E-state index in [0.717, 1.165) is 17.2 Å². The molecule has 1 spiro atoms. The van der Waals surface area contributed by atoms with Crippen molar-refractivity contribution in [3.05, 3.63) is 61.6 Å². The largest absolute Gasteiger partial charge is 0.479 e. The van der Waals surface area contributed by atoms with Gasteiger partial charge in [-0.25, -0.2) is 23.8 Å². The molecule has 2 fully saturated rings. The Labute approximate surface area is 252 Å². The highest BCUT2D eigenvalue weighted by atomic mass is 31.3. The number of hydrogen-bond acceptors (Lipinski definition) is 18. The van der Waals surface area contributed by atoms with E-state index >= 15 is 0 Å². The Hall–Kier alpha value is -3.77. The Bertz CT molecular complexity index is 1830. The maximum absolute atomic E-state index is 12.5. The third kappa shape index (κ3) is 6.29. The van der Waals surface area contributed by atoms with Gasteiger partial charge in [0.25, 0.3) is 5.71 Å². The summed E-state index contributed by atoms with van der Waals surface area (Å²) in [5.74, 6) is -4.95. The number of hydrogen-bond donors (Lipinski definition) is 6. The lowest BCUT2D eigenvalue weighted by molar-refractivity contribution is -0.725. The van der Waals surface area contributed by atoms with Gasteiger partial charge in [-0.3, -0.25) is 43.7 Å². The maximum Gasteiger partial charge on any atom is 0.479 e. The highest BCUT2D eigenvalue weighted by molar-refractivity contribution is 7.73. The van der Waals surface area contributed by atoms with Crippen LogP contribution in [-0.4, -0.2) is 101 Å². The first-order chi connectivity index (χ1) is 21.2. The van der Waals surface area contributed by atoms with E-state index in [0.29, 0.717) is 12.2 Å². The fourth-order valence-electron chi connectivity index (χ4n) is 4.75. The fraction of sp³-hybridized carbons (Fsp3) is 0.412. The Morgan fingerprint density at radius 3 is 2.17 bits per heavy atom. The van der Waals surface area contributed by atoms with Gasteiger partial charge in [-0.2, -0.15) is 0 Å². The van der Waals surface area contributed by atoms with E-state index < -0.39 is 97.7 Å². The van der Waals surface area contributed by atoms with E-state index in [1.54, 1.807) is 0 Å². The Balaban J connectivity index is 1.54. The molecule has 6 atom stereocenters. The Kier molecular flexibility index (Phi) is 8.39. The molecule has 2 aliphatic heterocycles. The summed E-state index contributed by atoms with van der Waals surface area (Å²) in [6.07, 6.45) is -3.54. The summed E-state index contributed by atoms with van der Waals surface area (Å²) < 4.78 is 62.8. The quantitative estimate of drug-likeness (QED) is 0.0559. The van der Waals surface area contributed by atoms with Gasteiger partial charge in [0.1, 0.15) is 30.2 Å². The molecule has 0 radical (unpaired) electrons. The van der Waals surface area contributed by atoms with Crippen molar-refractivity contribution in [1.82, 2.24) is 19.5 Å². The van der Waals surface area contributed by atoms with Crippen LogP contribution in [0.3, 0.4) is 0 Å². The lowest BCUT2D eigenvalue weighted by Gasteiger charge is -2.27. The van der Waals surface area contributed by atoms with Gasteiger partial charge in [0.05, 0.1) is 34.9 Å². The summed E-state index contributed by atoms with van der Waals surface area (Å²) in [7, 11) is -16.3. The molecule has 3 aliphatic rings. The number of nitrogens with two attached hydrogens (primary N) is 1. The summed E-state index contributed by atoms with van der Waals surface area (Å²) in [5, 5.41) is 45.0. The lowest BCUT2D eigenvalue weighted by atomic mass is 10.0. The second kappa shape index (κ2) is 11.5. The molecule has 26 nitrogen and oxygen atoms in total. The van der Waals surface area contributed by atoms with Gasteiger partial charge in [-0.1, -0.05) is 0 Å². The van der Waals surface area contributed by atoms with E-state index in [4.69, 9.17) is 34.3 Å². The van der Waals surface area contributed by atoms with Crippen LogP contribution < -0.4 is 5.73 Å². The summed E-state index contributed by atoms with van der Waals surface area (Å²) >= 11 is 0. The molecule has 2 unspecified atom stereocenters. The first kappa shape index (κ1) is 33.6. The summed E-state index contributed by atoms with van der Waals surface area (Å²) in [4.78, 5) is 70.2. The molecule has 2 aromatic heterocycles. The number of allylic oxidation sites excluding steroid dienone is 2. The lowest BCUT2D eigenvalue weighted by Crippen LogP contribution is -2.46. The first-order valence-electron chi connectivity index (χ1n) is 12.0. The second-order valence-electron chi connectivity index (χ2n) is 9.49. The molecule has 4 heterocycles. The van der Waals surface area contributed by atoms with Gasteiger partial charge in [0, 0.05) is 4.90 Å². The van der Waals surface area contributed by atoms with Crippen LogP contribution >= 0.6 is 23.0 Å². The van der Waals surface area contributed by atoms with Crippen molar-refractivity contribution in [3.63, 3.8) is 0 Å². The zero-order valence-corrected chi connectivity index (χ0v) is 24.8. The predicted octanol–water partition coefficient (Wildman–Crippen LogP) is -1.08. The van der Waals surface area contributed by atoms with Crippen molar-refractivity contribution >= 4 is 45.7 Å². The first-order valence-corrected chi connectivity index (χ1v) is 17.0. The van der Waals surface area contributed by atoms with Crippen LogP contribution in [0.4, 0.5) is 5.82 Å². The molecule has 1 aliphatic carbocycles. The van der Waals surface area contributed by atoms with Crippen LogP contribution in [0.1, 0.15) is 6.23 Å². The third-order valence-corrected chi connectivity index (χ3v) is 11.6. The normalized spacial score (nSPS) is 28.7. The topological polar surface area (TPSA) is 380 Å². The van der Waals surface area contributed by atoms with Gasteiger partial charge < -0.3 is 44.7 Å². The van der Waals surface area contributed by atoms with Crippen LogP contribution in [0, 0.1) is 25.4 Å². The number of nitro groups is 2. The number of nitrogen functional groups attached to an aromatic ring is 1. The van der Waals surface area contributed by atoms with E-state index in [-0.39, 0.29) is 17.0 Å². The van der Waals surface area contributed by atoms with Gasteiger partial charge in [-0.05, 0) is 0 Å². The van der Waals surface area contributed by atoms with Crippen LogP contribution in [0.5, 0.6) is 0 Å². The number of aromatic nitrogens is 4. The van der Waals surface area contributed by atoms with E-state index in [9.17, 15) is 54.1 Å².